The number of sulfonamides is 1. The number of benzene rings is 3. The van der Waals surface area contributed by atoms with Crippen molar-refractivity contribution < 1.29 is 17.9 Å². The topological polar surface area (TPSA) is 66.9 Å². The van der Waals surface area contributed by atoms with Gasteiger partial charge in [-0.3, -0.25) is 9.10 Å². The summed E-state index contributed by atoms with van der Waals surface area (Å²) in [6.45, 7) is 0.469. The lowest BCUT2D eigenvalue weighted by molar-refractivity contribution is 0.0785. The van der Waals surface area contributed by atoms with E-state index in [4.69, 9.17) is 4.74 Å². The van der Waals surface area contributed by atoms with Crippen LogP contribution in [0, 0.1) is 0 Å². The smallest absolute Gasteiger partial charge is 0.264 e. The fraction of sp³-hybridized carbons (Fsp3) is 0.174. The summed E-state index contributed by atoms with van der Waals surface area (Å²) in [5.74, 6) is 0.277. The molecule has 6 nitrogen and oxygen atoms in total. The molecule has 0 unspecified atom stereocenters. The van der Waals surface area contributed by atoms with Crippen molar-refractivity contribution in [1.29, 1.82) is 0 Å². The molecule has 0 fully saturated rings. The van der Waals surface area contributed by atoms with Crippen LogP contribution in [0.1, 0.15) is 15.9 Å². The third kappa shape index (κ3) is 4.46. The van der Waals surface area contributed by atoms with E-state index in [1.807, 2.05) is 30.3 Å². The highest BCUT2D eigenvalue weighted by Gasteiger charge is 2.24. The summed E-state index contributed by atoms with van der Waals surface area (Å²) in [4.78, 5) is 14.4. The molecule has 3 rings (SSSR count). The summed E-state index contributed by atoms with van der Waals surface area (Å²) in [6, 6.07) is 22.5. The van der Waals surface area contributed by atoms with Crippen LogP contribution >= 0.6 is 0 Å². The number of anilines is 1. The van der Waals surface area contributed by atoms with Crippen LogP contribution in [-0.4, -0.2) is 40.4 Å². The Balaban J connectivity index is 1.79. The first kappa shape index (κ1) is 21.4. The highest BCUT2D eigenvalue weighted by molar-refractivity contribution is 7.92. The molecule has 0 bridgehead atoms. The number of ether oxygens (including phenoxy) is 1. The molecule has 0 aliphatic rings. The highest BCUT2D eigenvalue weighted by Crippen LogP contribution is 2.30. The van der Waals surface area contributed by atoms with E-state index in [-0.39, 0.29) is 10.8 Å². The molecule has 0 radical (unpaired) electrons. The first-order valence-corrected chi connectivity index (χ1v) is 10.8. The lowest BCUT2D eigenvalue weighted by Crippen LogP contribution is -2.28. The maximum atomic E-state index is 13.0. The number of rotatable bonds is 7. The summed E-state index contributed by atoms with van der Waals surface area (Å²) in [6.07, 6.45) is 0. The predicted octanol–water partition coefficient (Wildman–Crippen LogP) is 3.79. The van der Waals surface area contributed by atoms with Crippen molar-refractivity contribution in [3.05, 3.63) is 90.0 Å². The normalized spacial score (nSPS) is 11.0. The van der Waals surface area contributed by atoms with Crippen molar-refractivity contribution in [2.75, 3.05) is 25.5 Å². The Hall–Kier alpha value is -3.32. The van der Waals surface area contributed by atoms with Gasteiger partial charge in [-0.1, -0.05) is 42.5 Å². The van der Waals surface area contributed by atoms with Crippen LogP contribution in [0.25, 0.3) is 0 Å². The first-order valence-electron chi connectivity index (χ1n) is 9.36. The fourth-order valence-electron chi connectivity index (χ4n) is 3.10. The van der Waals surface area contributed by atoms with Crippen LogP contribution in [0.5, 0.6) is 5.75 Å². The Kier molecular flexibility index (Phi) is 6.42. The maximum Gasteiger partial charge on any atom is 0.264 e. The molecular formula is C23H24N2O4S. The van der Waals surface area contributed by atoms with Crippen molar-refractivity contribution in [3.63, 3.8) is 0 Å². The fourth-order valence-corrected chi connectivity index (χ4v) is 4.30. The van der Waals surface area contributed by atoms with Gasteiger partial charge in [0.15, 0.2) is 0 Å². The zero-order valence-corrected chi connectivity index (χ0v) is 18.0. The molecule has 0 N–H and O–H groups in total. The van der Waals surface area contributed by atoms with E-state index < -0.39 is 10.0 Å². The molecule has 0 spiro atoms. The van der Waals surface area contributed by atoms with Crippen molar-refractivity contribution in [2.45, 2.75) is 11.4 Å². The number of hydrogen-bond acceptors (Lipinski definition) is 4. The average Bonchev–Trinajstić information content (AvgIpc) is 2.78. The second-order valence-corrected chi connectivity index (χ2v) is 8.78. The lowest BCUT2D eigenvalue weighted by Gasteiger charge is -2.22. The number of nitrogens with zero attached hydrogens (tertiary/aromatic N) is 2. The van der Waals surface area contributed by atoms with Crippen molar-refractivity contribution >= 4 is 21.6 Å². The van der Waals surface area contributed by atoms with Gasteiger partial charge >= 0.3 is 0 Å². The zero-order valence-electron chi connectivity index (χ0n) is 17.1. The summed E-state index contributed by atoms with van der Waals surface area (Å²) < 4.78 is 32.5. The molecule has 156 valence electrons. The number of carbonyl (C=O) groups is 1. The minimum absolute atomic E-state index is 0.0955. The van der Waals surface area contributed by atoms with Gasteiger partial charge in [0.25, 0.3) is 15.9 Å². The Bertz CT molecular complexity index is 1110. The Morgan fingerprint density at radius 3 is 2.10 bits per heavy atom. The molecule has 0 saturated carbocycles. The van der Waals surface area contributed by atoms with Crippen LogP contribution in [0.4, 0.5) is 5.69 Å². The molecule has 3 aromatic carbocycles. The standard InChI is InChI=1S/C23H24N2O4S/c1-24(17-18-9-5-4-6-10-18)23(26)19-13-15-20(16-14-19)30(27,28)25(2)21-11-7-8-12-22(21)29-3/h4-16H,17H2,1-3H3. The molecule has 7 heteroatoms. The van der Waals surface area contributed by atoms with Gasteiger partial charge in [-0.05, 0) is 42.0 Å². The molecule has 0 saturated heterocycles. The monoisotopic (exact) mass is 424 g/mol. The Morgan fingerprint density at radius 1 is 0.867 bits per heavy atom. The number of para-hydroxylation sites is 2. The molecule has 0 atom stereocenters. The molecule has 1 amide bonds. The number of hydrogen-bond donors (Lipinski definition) is 0. The van der Waals surface area contributed by atoms with E-state index in [1.54, 1.807) is 36.2 Å². The SMILES string of the molecule is COc1ccccc1N(C)S(=O)(=O)c1ccc(C(=O)N(C)Cc2ccccc2)cc1. The van der Waals surface area contributed by atoms with Crippen molar-refractivity contribution in [3.8, 4) is 5.75 Å². The summed E-state index contributed by atoms with van der Waals surface area (Å²) in [5, 5.41) is 0. The van der Waals surface area contributed by atoms with E-state index in [2.05, 4.69) is 0 Å². The second-order valence-electron chi connectivity index (χ2n) is 6.82. The van der Waals surface area contributed by atoms with E-state index >= 15 is 0 Å². The minimum atomic E-state index is -3.81. The van der Waals surface area contributed by atoms with Crippen LogP contribution in [-0.2, 0) is 16.6 Å². The Labute approximate surface area is 177 Å². The van der Waals surface area contributed by atoms with Gasteiger partial charge in [-0.25, -0.2) is 8.42 Å². The van der Waals surface area contributed by atoms with Gasteiger partial charge < -0.3 is 9.64 Å². The first-order chi connectivity index (χ1) is 14.3. The summed E-state index contributed by atoms with van der Waals surface area (Å²) >= 11 is 0. The van der Waals surface area contributed by atoms with Crippen molar-refractivity contribution in [1.82, 2.24) is 4.90 Å². The third-order valence-corrected chi connectivity index (χ3v) is 6.58. The van der Waals surface area contributed by atoms with E-state index in [9.17, 15) is 13.2 Å². The Morgan fingerprint density at radius 2 is 1.47 bits per heavy atom. The minimum Gasteiger partial charge on any atom is -0.495 e. The maximum absolute atomic E-state index is 13.0. The zero-order chi connectivity index (χ0) is 21.7. The van der Waals surface area contributed by atoms with E-state index in [1.165, 1.54) is 42.7 Å². The van der Waals surface area contributed by atoms with Crippen LogP contribution in [0.3, 0.4) is 0 Å². The van der Waals surface area contributed by atoms with Gasteiger partial charge in [0, 0.05) is 26.2 Å². The molecule has 0 aliphatic carbocycles. The van der Waals surface area contributed by atoms with Gasteiger partial charge in [0.05, 0.1) is 17.7 Å². The van der Waals surface area contributed by atoms with Crippen LogP contribution in [0.2, 0.25) is 0 Å². The van der Waals surface area contributed by atoms with Gasteiger partial charge in [-0.2, -0.15) is 0 Å². The molecule has 0 heterocycles. The van der Waals surface area contributed by atoms with Crippen LogP contribution < -0.4 is 9.04 Å². The van der Waals surface area contributed by atoms with Crippen molar-refractivity contribution in [2.24, 2.45) is 0 Å². The third-order valence-electron chi connectivity index (χ3n) is 4.79. The van der Waals surface area contributed by atoms with Crippen LogP contribution in [0.15, 0.2) is 83.8 Å². The number of carbonyl (C=O) groups excluding carboxylic acids is 1. The molecule has 3 aromatic rings. The number of amides is 1. The van der Waals surface area contributed by atoms with Gasteiger partial charge in [0.2, 0.25) is 0 Å². The molecule has 30 heavy (non-hydrogen) atoms. The quantitative estimate of drug-likeness (QED) is 0.579. The van der Waals surface area contributed by atoms with E-state index in [0.29, 0.717) is 23.5 Å². The van der Waals surface area contributed by atoms with Gasteiger partial charge in [0.1, 0.15) is 5.75 Å². The summed E-state index contributed by atoms with van der Waals surface area (Å²) in [7, 11) is 0.874. The average molecular weight is 425 g/mol. The molecule has 0 aromatic heterocycles. The summed E-state index contributed by atoms with van der Waals surface area (Å²) in [5.41, 5.74) is 1.88. The predicted molar refractivity (Wildman–Crippen MR) is 117 cm³/mol. The largest absolute Gasteiger partial charge is 0.495 e. The van der Waals surface area contributed by atoms with Gasteiger partial charge in [-0.15, -0.1) is 0 Å². The lowest BCUT2D eigenvalue weighted by atomic mass is 10.1. The van der Waals surface area contributed by atoms with E-state index in [0.717, 1.165) is 5.56 Å². The molecular weight excluding hydrogens is 400 g/mol. The molecule has 0 aliphatic heterocycles. The second kappa shape index (κ2) is 9.00. The highest BCUT2D eigenvalue weighted by atomic mass is 32.2. The number of methoxy groups -OCH3 is 1.